The van der Waals surface area contributed by atoms with E-state index in [1.54, 1.807) is 28.7 Å². The number of pyridine rings is 1. The van der Waals surface area contributed by atoms with Gasteiger partial charge in [-0.1, -0.05) is 41.8 Å². The van der Waals surface area contributed by atoms with Crippen LogP contribution in [0.5, 0.6) is 0 Å². The number of hydrogen-bond donors (Lipinski definition) is 1. The highest BCUT2D eigenvalue weighted by molar-refractivity contribution is 8.01. The fraction of sp³-hybridized carbons (Fsp3) is 0.188. The van der Waals surface area contributed by atoms with Crippen LogP contribution in [0.25, 0.3) is 17.0 Å². The van der Waals surface area contributed by atoms with Crippen LogP contribution in [0.1, 0.15) is 6.92 Å². The van der Waals surface area contributed by atoms with Crippen molar-refractivity contribution < 1.29 is 4.79 Å². The Balaban J connectivity index is 1.43. The van der Waals surface area contributed by atoms with Crippen molar-refractivity contribution in [2.45, 2.75) is 16.3 Å². The summed E-state index contributed by atoms with van der Waals surface area (Å²) < 4.78 is 2.50. The highest BCUT2D eigenvalue weighted by Crippen LogP contribution is 2.25. The summed E-state index contributed by atoms with van der Waals surface area (Å²) in [6.07, 6.45) is 3.38. The molecule has 4 heterocycles. The summed E-state index contributed by atoms with van der Waals surface area (Å²) >= 11 is 4.29. The minimum absolute atomic E-state index is 0.158. The average Bonchev–Trinajstić information content (AvgIpc) is 3.34. The van der Waals surface area contributed by atoms with Crippen LogP contribution in [-0.4, -0.2) is 52.4 Å². The zero-order chi connectivity index (χ0) is 19.3. The predicted octanol–water partition coefficient (Wildman–Crippen LogP) is 2.88. The molecule has 0 spiro atoms. The van der Waals surface area contributed by atoms with Gasteiger partial charge in [-0.2, -0.15) is 9.61 Å². The van der Waals surface area contributed by atoms with Gasteiger partial charge in [0.05, 0.1) is 5.75 Å². The third-order valence-electron chi connectivity index (χ3n) is 3.45. The molecule has 0 fully saturated rings. The number of carbonyl (C=O) groups is 1. The molecule has 1 amide bonds. The Morgan fingerprint density at radius 1 is 1.11 bits per heavy atom. The summed E-state index contributed by atoms with van der Waals surface area (Å²) in [7, 11) is 0. The van der Waals surface area contributed by atoms with Crippen LogP contribution >= 0.6 is 34.9 Å². The highest BCUT2D eigenvalue weighted by Gasteiger charge is 2.12. The van der Waals surface area contributed by atoms with Gasteiger partial charge in [0.2, 0.25) is 11.0 Å². The average molecular weight is 431 g/mol. The van der Waals surface area contributed by atoms with E-state index in [1.807, 2.05) is 31.2 Å². The molecule has 0 atom stereocenters. The van der Waals surface area contributed by atoms with E-state index in [-0.39, 0.29) is 11.7 Å². The minimum atomic E-state index is -0.158. The fourth-order valence-corrected chi connectivity index (χ4v) is 4.59. The van der Waals surface area contributed by atoms with Crippen LogP contribution in [-0.2, 0) is 4.79 Å². The molecule has 0 aliphatic carbocycles. The lowest BCUT2D eigenvalue weighted by Crippen LogP contribution is -2.14. The van der Waals surface area contributed by atoms with Crippen LogP contribution in [0, 0.1) is 0 Å². The van der Waals surface area contributed by atoms with Crippen LogP contribution < -0.4 is 5.32 Å². The Morgan fingerprint density at radius 2 is 1.96 bits per heavy atom. The Labute approximate surface area is 172 Å². The number of nitrogens with one attached hydrogen (secondary N) is 1. The first-order valence-corrected chi connectivity index (χ1v) is 11.0. The molecule has 0 bridgehead atoms. The van der Waals surface area contributed by atoms with Crippen molar-refractivity contribution in [3.05, 3.63) is 36.7 Å². The summed E-state index contributed by atoms with van der Waals surface area (Å²) in [6, 6.07) is 7.33. The van der Waals surface area contributed by atoms with Crippen molar-refractivity contribution in [2.24, 2.45) is 0 Å². The first kappa shape index (κ1) is 18.8. The van der Waals surface area contributed by atoms with Gasteiger partial charge in [-0.05, 0) is 30.0 Å². The molecule has 1 N–H and O–H groups in total. The maximum atomic E-state index is 12.2. The number of aromatic nitrogens is 7. The number of anilines is 1. The summed E-state index contributed by atoms with van der Waals surface area (Å²) in [5.41, 5.74) is 1.50. The van der Waals surface area contributed by atoms with Gasteiger partial charge < -0.3 is 0 Å². The fourth-order valence-electron chi connectivity index (χ4n) is 2.27. The summed E-state index contributed by atoms with van der Waals surface area (Å²) in [5, 5.41) is 24.8. The number of thioether (sulfide) groups is 2. The van der Waals surface area contributed by atoms with Crippen molar-refractivity contribution in [3.63, 3.8) is 0 Å². The van der Waals surface area contributed by atoms with E-state index in [9.17, 15) is 4.79 Å². The van der Waals surface area contributed by atoms with Gasteiger partial charge >= 0.3 is 0 Å². The first-order valence-electron chi connectivity index (χ1n) is 8.24. The summed E-state index contributed by atoms with van der Waals surface area (Å²) in [5.74, 6) is 1.59. The molecule has 0 unspecified atom stereocenters. The van der Waals surface area contributed by atoms with Gasteiger partial charge in [-0.15, -0.1) is 20.4 Å². The molecule has 0 saturated carbocycles. The number of rotatable bonds is 7. The third-order valence-corrected chi connectivity index (χ3v) is 6.22. The number of hydrogen-bond acceptors (Lipinski definition) is 10. The maximum Gasteiger partial charge on any atom is 0.236 e. The second-order valence-corrected chi connectivity index (χ2v) is 8.83. The van der Waals surface area contributed by atoms with Crippen LogP contribution in [0.2, 0.25) is 0 Å². The van der Waals surface area contributed by atoms with E-state index in [2.05, 4.69) is 35.8 Å². The topological polar surface area (TPSA) is 111 Å². The van der Waals surface area contributed by atoms with Crippen molar-refractivity contribution in [1.82, 2.24) is 35.0 Å². The van der Waals surface area contributed by atoms with Gasteiger partial charge in [0.15, 0.2) is 15.8 Å². The molecule has 0 radical (unpaired) electrons. The molecule has 0 aromatic carbocycles. The van der Waals surface area contributed by atoms with E-state index in [0.717, 1.165) is 15.7 Å². The zero-order valence-electron chi connectivity index (χ0n) is 14.6. The molecule has 0 aliphatic rings. The standard InChI is InChI=1S/C16H14N8OS3/c1-2-26-16-22-21-15(28-16)18-12(25)9-27-13-4-3-11-19-20-14(24(11)23-13)10-5-7-17-8-6-10/h3-8H,2,9H2,1H3,(H,18,21,25). The Hall–Kier alpha value is -2.57. The first-order chi connectivity index (χ1) is 13.7. The normalized spacial score (nSPS) is 11.0. The third kappa shape index (κ3) is 4.29. The molecule has 0 aliphatic heterocycles. The minimum Gasteiger partial charge on any atom is -0.300 e. The van der Waals surface area contributed by atoms with Crippen molar-refractivity contribution >= 4 is 51.5 Å². The predicted molar refractivity (Wildman–Crippen MR) is 110 cm³/mol. The molecular weight excluding hydrogens is 416 g/mol. The number of amides is 1. The zero-order valence-corrected chi connectivity index (χ0v) is 17.1. The van der Waals surface area contributed by atoms with E-state index in [0.29, 0.717) is 21.6 Å². The lowest BCUT2D eigenvalue weighted by atomic mass is 10.2. The molecule has 12 heteroatoms. The van der Waals surface area contributed by atoms with Crippen molar-refractivity contribution in [1.29, 1.82) is 0 Å². The largest absolute Gasteiger partial charge is 0.300 e. The lowest BCUT2D eigenvalue weighted by molar-refractivity contribution is -0.113. The van der Waals surface area contributed by atoms with Gasteiger partial charge in [-0.3, -0.25) is 15.1 Å². The maximum absolute atomic E-state index is 12.2. The van der Waals surface area contributed by atoms with Crippen LogP contribution in [0.4, 0.5) is 5.13 Å². The second kappa shape index (κ2) is 8.63. The molecular formula is C16H14N8OS3. The van der Waals surface area contributed by atoms with Crippen LogP contribution in [0.15, 0.2) is 46.0 Å². The SMILES string of the molecule is CCSc1nnc(NC(=O)CSc2ccc3nnc(-c4ccncc4)n3n2)s1. The monoisotopic (exact) mass is 430 g/mol. The molecule has 4 aromatic heterocycles. The van der Waals surface area contributed by atoms with Crippen molar-refractivity contribution in [2.75, 3.05) is 16.8 Å². The van der Waals surface area contributed by atoms with Gasteiger partial charge in [0.25, 0.3) is 0 Å². The number of carbonyl (C=O) groups excluding carboxylic acids is 1. The van der Waals surface area contributed by atoms with Gasteiger partial charge in [-0.25, -0.2) is 0 Å². The smallest absolute Gasteiger partial charge is 0.236 e. The number of nitrogens with zero attached hydrogens (tertiary/aromatic N) is 7. The summed E-state index contributed by atoms with van der Waals surface area (Å²) in [4.78, 5) is 16.2. The molecule has 4 aromatic rings. The Bertz CT molecular complexity index is 1100. The Morgan fingerprint density at radius 3 is 2.79 bits per heavy atom. The van der Waals surface area contributed by atoms with Crippen molar-refractivity contribution in [3.8, 4) is 11.4 Å². The van der Waals surface area contributed by atoms with Gasteiger partial charge in [0.1, 0.15) is 5.03 Å². The second-order valence-electron chi connectivity index (χ2n) is 5.34. The van der Waals surface area contributed by atoms with E-state index < -0.39 is 0 Å². The molecule has 9 nitrogen and oxygen atoms in total. The summed E-state index contributed by atoms with van der Waals surface area (Å²) in [6.45, 7) is 2.04. The van der Waals surface area contributed by atoms with E-state index in [4.69, 9.17) is 0 Å². The quantitative estimate of drug-likeness (QED) is 0.349. The number of fused-ring (bicyclic) bond motifs is 1. The van der Waals surface area contributed by atoms with E-state index >= 15 is 0 Å². The van der Waals surface area contributed by atoms with E-state index in [1.165, 1.54) is 23.1 Å². The van der Waals surface area contributed by atoms with Gasteiger partial charge in [0, 0.05) is 18.0 Å². The molecule has 28 heavy (non-hydrogen) atoms. The molecule has 0 saturated heterocycles. The lowest BCUT2D eigenvalue weighted by Gasteiger charge is -2.03. The highest BCUT2D eigenvalue weighted by atomic mass is 32.2. The molecule has 4 rings (SSSR count). The van der Waals surface area contributed by atoms with Crippen LogP contribution in [0.3, 0.4) is 0 Å². The molecule has 142 valence electrons. The Kier molecular flexibility index (Phi) is 5.78.